The van der Waals surface area contributed by atoms with Crippen LogP contribution in [0.5, 0.6) is 0 Å². The number of hydrogen-bond acceptors (Lipinski definition) is 6. The molecule has 1 unspecified atom stereocenters. The van der Waals surface area contributed by atoms with Gasteiger partial charge in [0.2, 0.25) is 10.0 Å². The Morgan fingerprint density at radius 1 is 1.57 bits per heavy atom. The first-order chi connectivity index (χ1) is 9.91. The van der Waals surface area contributed by atoms with Gasteiger partial charge in [-0.05, 0) is 34.8 Å². The maximum atomic E-state index is 12.7. The number of methoxy groups -OCH3 is 1. The number of aliphatic hydroxyl groups excluding tert-OH is 1. The molecule has 1 aromatic rings. The van der Waals surface area contributed by atoms with Crippen molar-refractivity contribution in [2.75, 3.05) is 20.3 Å². The van der Waals surface area contributed by atoms with Crippen LogP contribution in [0.15, 0.2) is 14.7 Å². The van der Waals surface area contributed by atoms with Crippen molar-refractivity contribution >= 4 is 43.3 Å². The van der Waals surface area contributed by atoms with Crippen LogP contribution in [0.25, 0.3) is 0 Å². The first-order valence-corrected chi connectivity index (χ1v) is 9.47. The van der Waals surface area contributed by atoms with Gasteiger partial charge in [-0.2, -0.15) is 4.31 Å². The van der Waals surface area contributed by atoms with Gasteiger partial charge in [-0.25, -0.2) is 13.2 Å². The van der Waals surface area contributed by atoms with Crippen LogP contribution in [0.2, 0.25) is 0 Å². The molecule has 1 aromatic heterocycles. The topological polar surface area (TPSA) is 83.9 Å². The molecule has 21 heavy (non-hydrogen) atoms. The number of nitrogens with zero attached hydrogens (tertiary/aromatic N) is 1. The van der Waals surface area contributed by atoms with Crippen molar-refractivity contribution in [1.82, 2.24) is 4.31 Å². The summed E-state index contributed by atoms with van der Waals surface area (Å²) in [5.41, 5.74) is 0. The summed E-state index contributed by atoms with van der Waals surface area (Å²) in [7, 11) is -2.50. The quantitative estimate of drug-likeness (QED) is 0.783. The fourth-order valence-electron chi connectivity index (χ4n) is 2.33. The molecule has 0 bridgehead atoms. The van der Waals surface area contributed by atoms with E-state index in [4.69, 9.17) is 0 Å². The number of carbonyl (C=O) groups excluding carboxylic acids is 1. The van der Waals surface area contributed by atoms with Crippen LogP contribution >= 0.6 is 27.3 Å². The molecule has 0 saturated carbocycles. The molecular weight excluding hydrogens is 382 g/mol. The van der Waals surface area contributed by atoms with E-state index in [-0.39, 0.29) is 16.4 Å². The maximum Gasteiger partial charge on any atom is 0.348 e. The van der Waals surface area contributed by atoms with Crippen molar-refractivity contribution in [2.24, 2.45) is 0 Å². The summed E-state index contributed by atoms with van der Waals surface area (Å²) >= 11 is 4.22. The highest BCUT2D eigenvalue weighted by atomic mass is 79.9. The van der Waals surface area contributed by atoms with Crippen molar-refractivity contribution in [3.05, 3.63) is 14.7 Å². The fourth-order valence-corrected chi connectivity index (χ4v) is 6.45. The SMILES string of the molecule is COC(=O)c1cc(S(=O)(=O)N2CCCCC2CO)c(Br)s1. The number of thiophene rings is 1. The average Bonchev–Trinajstić information content (AvgIpc) is 2.89. The van der Waals surface area contributed by atoms with Gasteiger partial charge in [-0.15, -0.1) is 11.3 Å². The van der Waals surface area contributed by atoms with E-state index in [1.165, 1.54) is 17.5 Å². The summed E-state index contributed by atoms with van der Waals surface area (Å²) in [6.07, 6.45) is 2.30. The monoisotopic (exact) mass is 397 g/mol. The molecule has 6 nitrogen and oxygen atoms in total. The van der Waals surface area contributed by atoms with E-state index >= 15 is 0 Å². The highest BCUT2D eigenvalue weighted by Crippen LogP contribution is 2.35. The van der Waals surface area contributed by atoms with E-state index in [0.29, 0.717) is 16.8 Å². The van der Waals surface area contributed by atoms with E-state index < -0.39 is 22.0 Å². The Kier molecular flexibility index (Phi) is 5.42. The van der Waals surface area contributed by atoms with Crippen molar-refractivity contribution in [3.8, 4) is 0 Å². The Bertz CT molecular complexity index is 628. The number of piperidine rings is 1. The number of ether oxygens (including phenoxy) is 1. The molecule has 1 atom stereocenters. The predicted octanol–water partition coefficient (Wildman–Crippen LogP) is 1.83. The lowest BCUT2D eigenvalue weighted by Crippen LogP contribution is -2.45. The third kappa shape index (κ3) is 3.31. The summed E-state index contributed by atoms with van der Waals surface area (Å²) in [6, 6.07) is 0.913. The molecule has 0 radical (unpaired) electrons. The van der Waals surface area contributed by atoms with Gasteiger partial charge >= 0.3 is 5.97 Å². The van der Waals surface area contributed by atoms with E-state index in [1.54, 1.807) is 0 Å². The second-order valence-corrected chi connectivity index (χ2v) is 8.92. The van der Waals surface area contributed by atoms with Crippen LogP contribution in [-0.4, -0.2) is 50.1 Å². The Labute approximate surface area is 135 Å². The van der Waals surface area contributed by atoms with Crippen LogP contribution in [0.1, 0.15) is 28.9 Å². The first kappa shape index (κ1) is 16.9. The fraction of sp³-hybridized carbons (Fsp3) is 0.583. The van der Waals surface area contributed by atoms with E-state index in [9.17, 15) is 18.3 Å². The van der Waals surface area contributed by atoms with E-state index in [1.807, 2.05) is 0 Å². The number of sulfonamides is 1. The van der Waals surface area contributed by atoms with E-state index in [2.05, 4.69) is 20.7 Å². The number of hydrogen-bond donors (Lipinski definition) is 1. The van der Waals surface area contributed by atoms with Crippen LogP contribution in [0.4, 0.5) is 0 Å². The Balaban J connectivity index is 2.39. The molecule has 1 saturated heterocycles. The molecule has 1 aliphatic rings. The summed E-state index contributed by atoms with van der Waals surface area (Å²) in [5, 5.41) is 9.38. The third-order valence-electron chi connectivity index (χ3n) is 3.41. The second-order valence-electron chi connectivity index (χ2n) is 4.69. The molecule has 0 aliphatic carbocycles. The largest absolute Gasteiger partial charge is 0.465 e. The lowest BCUT2D eigenvalue weighted by molar-refractivity contribution is 0.0606. The Hall–Kier alpha value is -0.480. The highest BCUT2D eigenvalue weighted by Gasteiger charge is 2.35. The number of carbonyl (C=O) groups is 1. The smallest absolute Gasteiger partial charge is 0.348 e. The first-order valence-electron chi connectivity index (χ1n) is 6.42. The lowest BCUT2D eigenvalue weighted by atomic mass is 10.1. The zero-order valence-electron chi connectivity index (χ0n) is 11.4. The van der Waals surface area contributed by atoms with Gasteiger partial charge in [0.05, 0.1) is 17.5 Å². The minimum absolute atomic E-state index is 0.0493. The normalized spacial score (nSPS) is 20.4. The number of rotatable bonds is 4. The molecule has 2 heterocycles. The van der Waals surface area contributed by atoms with E-state index in [0.717, 1.165) is 24.2 Å². The number of esters is 1. The van der Waals surface area contributed by atoms with Crippen molar-refractivity contribution in [3.63, 3.8) is 0 Å². The maximum absolute atomic E-state index is 12.7. The summed E-state index contributed by atoms with van der Waals surface area (Å²) < 4.78 is 31.8. The van der Waals surface area contributed by atoms with Crippen molar-refractivity contribution in [2.45, 2.75) is 30.2 Å². The van der Waals surface area contributed by atoms with Gasteiger partial charge in [-0.1, -0.05) is 6.42 Å². The minimum atomic E-state index is -3.75. The van der Waals surface area contributed by atoms with Gasteiger partial charge in [-0.3, -0.25) is 0 Å². The van der Waals surface area contributed by atoms with Crippen LogP contribution < -0.4 is 0 Å². The van der Waals surface area contributed by atoms with Crippen molar-refractivity contribution < 1.29 is 23.1 Å². The van der Waals surface area contributed by atoms with Gasteiger partial charge < -0.3 is 9.84 Å². The molecule has 0 aromatic carbocycles. The van der Waals surface area contributed by atoms with Crippen LogP contribution in [-0.2, 0) is 14.8 Å². The highest BCUT2D eigenvalue weighted by molar-refractivity contribution is 9.11. The molecule has 1 fully saturated rings. The number of aliphatic hydroxyl groups is 1. The average molecular weight is 398 g/mol. The summed E-state index contributed by atoms with van der Waals surface area (Å²) in [4.78, 5) is 11.8. The zero-order chi connectivity index (χ0) is 15.6. The molecule has 1 aliphatic heterocycles. The standard InChI is InChI=1S/C12H16BrNO5S2/c1-19-12(16)9-6-10(11(13)20-9)21(17,18)14-5-3-2-4-8(14)7-15/h6,8,15H,2-5,7H2,1H3. The van der Waals surface area contributed by atoms with Crippen LogP contribution in [0.3, 0.4) is 0 Å². The zero-order valence-corrected chi connectivity index (χ0v) is 14.6. The molecule has 1 N–H and O–H groups in total. The lowest BCUT2D eigenvalue weighted by Gasteiger charge is -2.33. The molecule has 9 heteroatoms. The Morgan fingerprint density at radius 2 is 2.29 bits per heavy atom. The number of halogens is 1. The van der Waals surface area contributed by atoms with Gasteiger partial charge in [0.1, 0.15) is 9.77 Å². The molecular formula is C12H16BrNO5S2. The predicted molar refractivity (Wildman–Crippen MR) is 82.0 cm³/mol. The van der Waals surface area contributed by atoms with Crippen LogP contribution in [0, 0.1) is 0 Å². The summed E-state index contributed by atoms with van der Waals surface area (Å²) in [5.74, 6) is -0.570. The summed E-state index contributed by atoms with van der Waals surface area (Å²) in [6.45, 7) is 0.175. The van der Waals surface area contributed by atoms with Crippen molar-refractivity contribution in [1.29, 1.82) is 0 Å². The molecule has 2 rings (SSSR count). The van der Waals surface area contributed by atoms with Gasteiger partial charge in [0.15, 0.2) is 0 Å². The molecule has 118 valence electrons. The van der Waals surface area contributed by atoms with Gasteiger partial charge in [0, 0.05) is 12.6 Å². The Morgan fingerprint density at radius 3 is 2.90 bits per heavy atom. The third-order valence-corrected chi connectivity index (χ3v) is 7.60. The van der Waals surface area contributed by atoms with Gasteiger partial charge in [0.25, 0.3) is 0 Å². The molecule has 0 spiro atoms. The second kappa shape index (κ2) is 6.74. The minimum Gasteiger partial charge on any atom is -0.465 e. The molecule has 0 amide bonds.